The van der Waals surface area contributed by atoms with Crippen LogP contribution in [0.1, 0.15) is 80.2 Å². The minimum atomic E-state index is -3.95. The van der Waals surface area contributed by atoms with Gasteiger partial charge in [-0.3, -0.25) is 4.79 Å². The van der Waals surface area contributed by atoms with Crippen molar-refractivity contribution in [1.29, 1.82) is 5.26 Å². The summed E-state index contributed by atoms with van der Waals surface area (Å²) in [5.74, 6) is -0.941. The van der Waals surface area contributed by atoms with Gasteiger partial charge >= 0.3 is 0 Å². The molecule has 0 amide bonds. The van der Waals surface area contributed by atoms with Gasteiger partial charge in [0.2, 0.25) is 14.9 Å². The van der Waals surface area contributed by atoms with Crippen LogP contribution in [0.4, 0.5) is 0 Å². The quantitative estimate of drug-likeness (QED) is 0.680. The van der Waals surface area contributed by atoms with Crippen LogP contribution >= 0.6 is 0 Å². The third kappa shape index (κ3) is 4.50. The van der Waals surface area contributed by atoms with E-state index in [9.17, 15) is 23.6 Å². The molecule has 1 aromatic heterocycles. The van der Waals surface area contributed by atoms with Crippen LogP contribution < -0.4 is 0 Å². The van der Waals surface area contributed by atoms with Crippen molar-refractivity contribution in [2.75, 3.05) is 5.75 Å². The second-order valence-electron chi connectivity index (χ2n) is 8.71. The third-order valence-corrected chi connectivity index (χ3v) is 7.09. The maximum Gasteiger partial charge on any atom is 0.218 e. The Morgan fingerprint density at radius 2 is 1.73 bits per heavy atom. The first-order chi connectivity index (χ1) is 14.0. The van der Waals surface area contributed by atoms with Gasteiger partial charge in [0.05, 0.1) is 23.5 Å². The number of sulfone groups is 1. The minimum absolute atomic E-state index is 0.0243. The minimum Gasteiger partial charge on any atom is -0.453 e. The number of nitriles is 1. The molecule has 1 fully saturated rings. The second kappa shape index (κ2) is 8.01. The summed E-state index contributed by atoms with van der Waals surface area (Å²) in [6.45, 7) is 7.94. The zero-order valence-corrected chi connectivity index (χ0v) is 18.5. The molecule has 0 unspecified atom stereocenters. The largest absolute Gasteiger partial charge is 0.453 e. The van der Waals surface area contributed by atoms with Gasteiger partial charge in [0, 0.05) is 18.1 Å². The summed E-state index contributed by atoms with van der Waals surface area (Å²) in [5, 5.41) is 19.2. The molecule has 1 aromatic carbocycles. The molecule has 1 saturated carbocycles. The Kier molecular flexibility index (Phi) is 5.94. The lowest BCUT2D eigenvalue weighted by atomic mass is 9.85. The molecule has 7 heteroatoms. The lowest BCUT2D eigenvalue weighted by molar-refractivity contribution is -0.116. The lowest BCUT2D eigenvalue weighted by Gasteiger charge is -2.20. The van der Waals surface area contributed by atoms with Gasteiger partial charge in [0.15, 0.2) is 5.78 Å². The van der Waals surface area contributed by atoms with Crippen LogP contribution in [0.2, 0.25) is 0 Å². The van der Waals surface area contributed by atoms with E-state index in [0.717, 1.165) is 16.7 Å². The highest BCUT2D eigenvalue weighted by Gasteiger charge is 2.44. The monoisotopic (exact) mass is 429 g/mol. The number of furan rings is 1. The van der Waals surface area contributed by atoms with Gasteiger partial charge in [-0.15, -0.1) is 0 Å². The first-order valence-electron chi connectivity index (χ1n) is 10.1. The van der Waals surface area contributed by atoms with Crippen LogP contribution in [0.3, 0.4) is 0 Å². The van der Waals surface area contributed by atoms with Gasteiger partial charge in [-0.2, -0.15) is 5.26 Å². The van der Waals surface area contributed by atoms with Crippen molar-refractivity contribution in [2.45, 2.75) is 69.5 Å². The Morgan fingerprint density at radius 1 is 1.17 bits per heavy atom. The first-order valence-corrected chi connectivity index (χ1v) is 11.7. The highest BCUT2D eigenvalue weighted by atomic mass is 32.2. The summed E-state index contributed by atoms with van der Waals surface area (Å²) in [5.41, 5.74) is 2.55. The summed E-state index contributed by atoms with van der Waals surface area (Å²) in [6.07, 6.45) is 2.36. The molecule has 30 heavy (non-hydrogen) atoms. The number of carbonyl (C=O) groups excluding carboxylic acids is 1. The number of carbonyl (C=O) groups is 1. The molecule has 3 rings (SSSR count). The van der Waals surface area contributed by atoms with Crippen LogP contribution in [0.15, 0.2) is 34.0 Å². The predicted molar refractivity (Wildman–Crippen MR) is 112 cm³/mol. The van der Waals surface area contributed by atoms with Gasteiger partial charge in [-0.1, -0.05) is 27.7 Å². The van der Waals surface area contributed by atoms with E-state index >= 15 is 0 Å². The molecule has 0 atom stereocenters. The number of benzene rings is 1. The molecule has 0 radical (unpaired) electrons. The summed E-state index contributed by atoms with van der Waals surface area (Å²) in [7, 11) is -3.95. The fraction of sp³-hybridized carbons (Fsp3) is 0.478. The molecular weight excluding hydrogens is 402 g/mol. The van der Waals surface area contributed by atoms with Gasteiger partial charge in [0.1, 0.15) is 5.75 Å². The number of aliphatic hydroxyl groups is 1. The molecule has 0 aliphatic heterocycles. The smallest absolute Gasteiger partial charge is 0.218 e. The Balaban J connectivity index is 1.87. The van der Waals surface area contributed by atoms with E-state index in [1.807, 2.05) is 27.7 Å². The van der Waals surface area contributed by atoms with Crippen molar-refractivity contribution in [3.63, 3.8) is 0 Å². The summed E-state index contributed by atoms with van der Waals surface area (Å²) in [4.78, 5) is 12.8. The van der Waals surface area contributed by atoms with Gasteiger partial charge in [-0.05, 0) is 53.5 Å². The lowest BCUT2D eigenvalue weighted by Crippen LogP contribution is -2.20. The summed E-state index contributed by atoms with van der Waals surface area (Å²) < 4.78 is 30.5. The average molecular weight is 430 g/mol. The van der Waals surface area contributed by atoms with E-state index in [2.05, 4.69) is 6.07 Å². The van der Waals surface area contributed by atoms with E-state index in [1.54, 1.807) is 12.1 Å². The Labute approximate surface area is 177 Å². The molecule has 0 spiro atoms. The summed E-state index contributed by atoms with van der Waals surface area (Å²) >= 11 is 0. The number of hydrogen-bond acceptors (Lipinski definition) is 6. The van der Waals surface area contributed by atoms with Crippen molar-refractivity contribution < 1.29 is 22.7 Å². The van der Waals surface area contributed by atoms with Crippen LogP contribution in [-0.4, -0.2) is 25.1 Å². The second-order valence-corrected chi connectivity index (χ2v) is 10.6. The van der Waals surface area contributed by atoms with Gasteiger partial charge < -0.3 is 9.52 Å². The molecule has 0 saturated heterocycles. The number of nitrogens with zero attached hydrogens (tertiary/aromatic N) is 1. The maximum atomic E-state index is 12.8. The zero-order chi connectivity index (χ0) is 22.3. The fourth-order valence-corrected chi connectivity index (χ4v) is 4.85. The predicted octanol–water partition coefficient (Wildman–Crippen LogP) is 3.96. The molecule has 1 N–H and O–H groups in total. The molecular formula is C23H27NO5S. The van der Waals surface area contributed by atoms with Crippen molar-refractivity contribution in [3.05, 3.63) is 52.3 Å². The highest BCUT2D eigenvalue weighted by Crippen LogP contribution is 2.46. The number of hydrogen-bond donors (Lipinski definition) is 1. The normalized spacial score (nSPS) is 15.4. The Bertz CT molecular complexity index is 1090. The van der Waals surface area contributed by atoms with Gasteiger partial charge in [-0.25, -0.2) is 8.42 Å². The zero-order valence-electron chi connectivity index (χ0n) is 17.7. The van der Waals surface area contributed by atoms with Crippen molar-refractivity contribution >= 4 is 15.6 Å². The van der Waals surface area contributed by atoms with Crippen LogP contribution in [0, 0.1) is 11.3 Å². The standard InChI is InChI=1S/C23H27NO5S/c1-14(2)19-7-16(11-24)8-20(15(3)4)21(19)10-18(25)13-30(27,28)22-9-17(12-29-22)23(26)5-6-23/h7-9,12,14-15,26H,5-6,10,13H2,1-4H3. The van der Waals surface area contributed by atoms with Crippen LogP contribution in [0.5, 0.6) is 0 Å². The molecule has 0 bridgehead atoms. The highest BCUT2D eigenvalue weighted by molar-refractivity contribution is 7.92. The molecule has 2 aromatic rings. The SMILES string of the molecule is CC(C)c1cc(C#N)cc(C(C)C)c1CC(=O)CS(=O)(=O)c1cc(C2(O)CC2)co1. The molecule has 160 valence electrons. The average Bonchev–Trinajstić information content (AvgIpc) is 3.19. The Hall–Kier alpha value is -2.43. The van der Waals surface area contributed by atoms with E-state index in [-0.39, 0.29) is 23.3 Å². The van der Waals surface area contributed by atoms with E-state index < -0.39 is 27.0 Å². The van der Waals surface area contributed by atoms with E-state index in [0.29, 0.717) is 24.0 Å². The summed E-state index contributed by atoms with van der Waals surface area (Å²) in [6, 6.07) is 7.04. The third-order valence-electron chi connectivity index (χ3n) is 5.56. The molecule has 1 aliphatic rings. The Morgan fingerprint density at radius 3 is 2.20 bits per heavy atom. The van der Waals surface area contributed by atoms with Crippen molar-refractivity contribution in [2.24, 2.45) is 0 Å². The van der Waals surface area contributed by atoms with E-state index in [4.69, 9.17) is 4.42 Å². The van der Waals surface area contributed by atoms with Crippen molar-refractivity contribution in [3.8, 4) is 6.07 Å². The van der Waals surface area contributed by atoms with Crippen LogP contribution in [-0.2, 0) is 26.7 Å². The molecule has 6 nitrogen and oxygen atoms in total. The van der Waals surface area contributed by atoms with E-state index in [1.165, 1.54) is 12.3 Å². The fourth-order valence-electron chi connectivity index (χ4n) is 3.68. The first kappa shape index (κ1) is 22.3. The van der Waals surface area contributed by atoms with Crippen LogP contribution in [0.25, 0.3) is 0 Å². The van der Waals surface area contributed by atoms with Crippen molar-refractivity contribution in [1.82, 2.24) is 0 Å². The maximum absolute atomic E-state index is 12.8. The number of Topliss-reactive ketones (excluding diaryl/α,β-unsaturated/α-hetero) is 1. The molecule has 1 aliphatic carbocycles. The number of rotatable bonds is 8. The number of ketones is 1. The topological polar surface area (TPSA) is 108 Å². The molecule has 1 heterocycles. The van der Waals surface area contributed by atoms with Gasteiger partial charge in [0.25, 0.3) is 0 Å².